The van der Waals surface area contributed by atoms with Crippen molar-refractivity contribution in [1.29, 1.82) is 0 Å². The second kappa shape index (κ2) is 10.2. The molecule has 2 atom stereocenters. The van der Waals surface area contributed by atoms with Crippen molar-refractivity contribution >= 4 is 11.7 Å². The number of aromatic nitrogens is 3. The first-order valence-corrected chi connectivity index (χ1v) is 11.1. The van der Waals surface area contributed by atoms with Crippen LogP contribution in [0.4, 0.5) is 5.82 Å². The van der Waals surface area contributed by atoms with Crippen LogP contribution in [0.2, 0.25) is 0 Å². The highest BCUT2D eigenvalue weighted by Crippen LogP contribution is 2.21. The first-order chi connectivity index (χ1) is 16.0. The molecule has 2 aromatic heterocycles. The molecule has 0 radical (unpaired) electrons. The van der Waals surface area contributed by atoms with Crippen molar-refractivity contribution in [3.8, 4) is 11.1 Å². The van der Waals surface area contributed by atoms with Gasteiger partial charge >= 0.3 is 0 Å². The van der Waals surface area contributed by atoms with Crippen LogP contribution in [-0.2, 0) is 11.8 Å². The zero-order valence-electron chi connectivity index (χ0n) is 19.2. The van der Waals surface area contributed by atoms with Crippen molar-refractivity contribution in [2.75, 3.05) is 11.9 Å². The van der Waals surface area contributed by atoms with E-state index in [2.05, 4.69) is 58.8 Å². The summed E-state index contributed by atoms with van der Waals surface area (Å²) in [5.41, 5.74) is 5.33. The van der Waals surface area contributed by atoms with Crippen LogP contribution < -0.4 is 10.6 Å². The molecule has 0 aliphatic rings. The van der Waals surface area contributed by atoms with Gasteiger partial charge in [-0.25, -0.2) is 4.98 Å². The molecule has 2 aromatic carbocycles. The molecule has 0 bridgehead atoms. The highest BCUT2D eigenvalue weighted by Gasteiger charge is 2.21. The van der Waals surface area contributed by atoms with Crippen molar-refractivity contribution in [2.24, 2.45) is 7.05 Å². The minimum absolute atomic E-state index is 0.140. The van der Waals surface area contributed by atoms with Crippen molar-refractivity contribution < 1.29 is 4.79 Å². The molecule has 0 saturated carbocycles. The van der Waals surface area contributed by atoms with E-state index in [-0.39, 0.29) is 11.8 Å². The van der Waals surface area contributed by atoms with Crippen molar-refractivity contribution in [3.63, 3.8) is 0 Å². The van der Waals surface area contributed by atoms with E-state index in [0.29, 0.717) is 12.4 Å². The molecule has 0 fully saturated rings. The number of hydrogen-bond acceptors (Lipinski definition) is 4. The molecule has 0 unspecified atom stereocenters. The topological polar surface area (TPSA) is 71.8 Å². The van der Waals surface area contributed by atoms with E-state index in [1.54, 1.807) is 17.1 Å². The first-order valence-electron chi connectivity index (χ1n) is 11.1. The Hall–Kier alpha value is -3.77. The third-order valence-electron chi connectivity index (χ3n) is 5.72. The maximum atomic E-state index is 13.2. The van der Waals surface area contributed by atoms with E-state index >= 15 is 0 Å². The molecule has 0 aliphatic carbocycles. The minimum Gasteiger partial charge on any atom is -0.309 e. The van der Waals surface area contributed by atoms with Crippen LogP contribution in [0, 0.1) is 6.92 Å². The molecule has 1 amide bonds. The van der Waals surface area contributed by atoms with Gasteiger partial charge in [0.25, 0.3) is 0 Å². The molecule has 168 valence electrons. The lowest BCUT2D eigenvalue weighted by Crippen LogP contribution is -2.35. The third-order valence-corrected chi connectivity index (χ3v) is 5.72. The Morgan fingerprint density at radius 3 is 2.33 bits per heavy atom. The summed E-state index contributed by atoms with van der Waals surface area (Å²) in [6, 6.07) is 21.6. The number of anilines is 1. The van der Waals surface area contributed by atoms with Gasteiger partial charge in [-0.1, -0.05) is 67.1 Å². The Morgan fingerprint density at radius 2 is 1.70 bits per heavy atom. The summed E-state index contributed by atoms with van der Waals surface area (Å²) in [6.45, 7) is 4.92. The van der Waals surface area contributed by atoms with E-state index in [9.17, 15) is 4.79 Å². The molecule has 4 aromatic rings. The maximum Gasteiger partial charge on any atom is 0.247 e. The Labute approximate surface area is 194 Å². The molecule has 33 heavy (non-hydrogen) atoms. The number of hydrogen-bond donors (Lipinski definition) is 2. The Bertz CT molecular complexity index is 1180. The van der Waals surface area contributed by atoms with E-state index in [1.807, 2.05) is 55.7 Å². The van der Waals surface area contributed by atoms with Gasteiger partial charge in [-0.15, -0.1) is 0 Å². The lowest BCUT2D eigenvalue weighted by Gasteiger charge is -2.21. The lowest BCUT2D eigenvalue weighted by atomic mass is 9.98. The van der Waals surface area contributed by atoms with Gasteiger partial charge in [0.1, 0.15) is 11.9 Å². The zero-order valence-corrected chi connectivity index (χ0v) is 19.2. The molecule has 6 heteroatoms. The Kier molecular flexibility index (Phi) is 6.95. The quantitative estimate of drug-likeness (QED) is 0.411. The lowest BCUT2D eigenvalue weighted by molar-refractivity contribution is -0.118. The summed E-state index contributed by atoms with van der Waals surface area (Å²) in [6.07, 6.45) is 5.47. The van der Waals surface area contributed by atoms with Crippen LogP contribution in [-0.4, -0.2) is 27.2 Å². The Morgan fingerprint density at radius 1 is 0.939 bits per heavy atom. The van der Waals surface area contributed by atoms with E-state index < -0.39 is 6.04 Å². The summed E-state index contributed by atoms with van der Waals surface area (Å²) < 4.78 is 1.75. The van der Waals surface area contributed by atoms with Gasteiger partial charge in [-0.2, -0.15) is 5.10 Å². The number of rotatable bonds is 8. The highest BCUT2D eigenvalue weighted by molar-refractivity contribution is 5.95. The van der Waals surface area contributed by atoms with Crippen LogP contribution >= 0.6 is 0 Å². The minimum atomic E-state index is -0.487. The average Bonchev–Trinajstić information content (AvgIpc) is 3.27. The molecule has 0 saturated heterocycles. The largest absolute Gasteiger partial charge is 0.309 e. The molecular weight excluding hydrogens is 410 g/mol. The molecule has 0 aliphatic heterocycles. The van der Waals surface area contributed by atoms with Gasteiger partial charge in [0.2, 0.25) is 5.91 Å². The summed E-state index contributed by atoms with van der Waals surface area (Å²) in [4.78, 5) is 17.7. The van der Waals surface area contributed by atoms with Crippen LogP contribution in [0.15, 0.2) is 85.3 Å². The van der Waals surface area contributed by atoms with Gasteiger partial charge in [0.15, 0.2) is 0 Å². The molecule has 6 nitrogen and oxygen atoms in total. The second-order valence-electron chi connectivity index (χ2n) is 8.39. The van der Waals surface area contributed by atoms with Crippen molar-refractivity contribution in [3.05, 3.63) is 102 Å². The van der Waals surface area contributed by atoms with Gasteiger partial charge in [-0.05, 0) is 36.1 Å². The number of nitrogens with zero attached hydrogens (tertiary/aromatic N) is 3. The summed E-state index contributed by atoms with van der Waals surface area (Å²) in [7, 11) is 1.88. The summed E-state index contributed by atoms with van der Waals surface area (Å²) in [5, 5.41) is 10.6. The van der Waals surface area contributed by atoms with Gasteiger partial charge in [0, 0.05) is 37.1 Å². The number of nitrogens with one attached hydrogen (secondary N) is 2. The van der Waals surface area contributed by atoms with Gasteiger partial charge in [-0.3, -0.25) is 9.48 Å². The SMILES string of the molecule is Cc1ccc([C@H](C)CN[C@H](C(=O)Nc2ccc(-c3cnn(C)c3)cn2)c2ccccc2)cc1. The number of carbonyl (C=O) groups excluding carboxylic acids is 1. The van der Waals surface area contributed by atoms with Crippen LogP contribution in [0.3, 0.4) is 0 Å². The van der Waals surface area contributed by atoms with Gasteiger partial charge < -0.3 is 10.6 Å². The molecule has 2 N–H and O–H groups in total. The molecule has 2 heterocycles. The number of amides is 1. The van der Waals surface area contributed by atoms with Crippen LogP contribution in [0.25, 0.3) is 11.1 Å². The van der Waals surface area contributed by atoms with E-state index in [4.69, 9.17) is 0 Å². The fourth-order valence-corrected chi connectivity index (χ4v) is 3.72. The molecule has 4 rings (SSSR count). The monoisotopic (exact) mass is 439 g/mol. The zero-order chi connectivity index (χ0) is 23.2. The number of pyridine rings is 1. The molecule has 0 spiro atoms. The first kappa shape index (κ1) is 22.4. The predicted molar refractivity (Wildman–Crippen MR) is 132 cm³/mol. The fourth-order valence-electron chi connectivity index (χ4n) is 3.72. The van der Waals surface area contributed by atoms with E-state index in [1.165, 1.54) is 11.1 Å². The number of aryl methyl sites for hydroxylation is 2. The average molecular weight is 440 g/mol. The smallest absolute Gasteiger partial charge is 0.247 e. The second-order valence-corrected chi connectivity index (χ2v) is 8.39. The third kappa shape index (κ3) is 5.73. The highest BCUT2D eigenvalue weighted by atomic mass is 16.2. The normalized spacial score (nSPS) is 12.8. The van der Waals surface area contributed by atoms with E-state index in [0.717, 1.165) is 16.7 Å². The maximum absolute atomic E-state index is 13.2. The standard InChI is InChI=1S/C27H29N5O/c1-19-9-11-21(12-10-19)20(2)15-29-26(22-7-5-4-6-8-22)27(33)31-25-14-13-23(16-28-25)24-17-30-32(3)18-24/h4-14,16-18,20,26,29H,15H2,1-3H3,(H,28,31,33)/t20-,26+/m1/s1. The number of benzene rings is 2. The number of carbonyl (C=O) groups is 1. The van der Waals surface area contributed by atoms with Crippen molar-refractivity contribution in [1.82, 2.24) is 20.1 Å². The summed E-state index contributed by atoms with van der Waals surface area (Å²) in [5.74, 6) is 0.641. The fraction of sp³-hybridized carbons (Fsp3) is 0.222. The van der Waals surface area contributed by atoms with Gasteiger partial charge in [0.05, 0.1) is 6.20 Å². The Balaban J connectivity index is 1.46. The van der Waals surface area contributed by atoms with Crippen molar-refractivity contribution in [2.45, 2.75) is 25.8 Å². The summed E-state index contributed by atoms with van der Waals surface area (Å²) >= 11 is 0. The van der Waals surface area contributed by atoms with Crippen LogP contribution in [0.1, 0.15) is 35.6 Å². The van der Waals surface area contributed by atoms with Crippen LogP contribution in [0.5, 0.6) is 0 Å². The molecular formula is C27H29N5O. The predicted octanol–water partition coefficient (Wildman–Crippen LogP) is 4.86.